The standard InChI is InChI=1S/C17H39NO8Si2/c1-17(2,3)26-16(19)18(12-10-14-27(20-4,21-5)22-6)13-11-15-28(23-7,24-8)25-9/h10-15H2,1-9H3. The molecule has 0 aliphatic heterocycles. The van der Waals surface area contributed by atoms with E-state index in [1.165, 1.54) is 0 Å². The first-order valence-corrected chi connectivity index (χ1v) is 13.2. The zero-order valence-electron chi connectivity index (χ0n) is 19.0. The van der Waals surface area contributed by atoms with E-state index in [9.17, 15) is 4.79 Å². The molecule has 0 rings (SSSR count). The van der Waals surface area contributed by atoms with Crippen molar-refractivity contribution in [2.75, 3.05) is 55.7 Å². The van der Waals surface area contributed by atoms with E-state index < -0.39 is 23.2 Å². The van der Waals surface area contributed by atoms with E-state index in [0.29, 0.717) is 38.0 Å². The minimum Gasteiger partial charge on any atom is -0.444 e. The van der Waals surface area contributed by atoms with Gasteiger partial charge in [-0.15, -0.1) is 0 Å². The quantitative estimate of drug-likeness (QED) is 0.381. The summed E-state index contributed by atoms with van der Waals surface area (Å²) < 4.78 is 38.2. The average molecular weight is 442 g/mol. The lowest BCUT2D eigenvalue weighted by atomic mass is 10.2. The molecule has 11 heteroatoms. The van der Waals surface area contributed by atoms with Gasteiger partial charge in [-0.1, -0.05) is 0 Å². The van der Waals surface area contributed by atoms with Gasteiger partial charge in [0, 0.05) is 67.8 Å². The maximum Gasteiger partial charge on any atom is 0.500 e. The van der Waals surface area contributed by atoms with Crippen molar-refractivity contribution in [3.63, 3.8) is 0 Å². The van der Waals surface area contributed by atoms with Crippen molar-refractivity contribution in [1.29, 1.82) is 0 Å². The molecule has 0 N–H and O–H groups in total. The lowest BCUT2D eigenvalue weighted by molar-refractivity contribution is 0.0241. The van der Waals surface area contributed by atoms with Gasteiger partial charge in [0.15, 0.2) is 0 Å². The van der Waals surface area contributed by atoms with E-state index in [4.69, 9.17) is 31.3 Å². The Morgan fingerprint density at radius 1 is 0.714 bits per heavy atom. The molecule has 0 saturated heterocycles. The fraction of sp³-hybridized carbons (Fsp3) is 0.941. The molecule has 0 aromatic rings. The summed E-state index contributed by atoms with van der Waals surface area (Å²) in [6, 6.07) is 1.20. The normalized spacial score (nSPS) is 12.9. The molecule has 0 bridgehead atoms. The summed E-state index contributed by atoms with van der Waals surface area (Å²) in [4.78, 5) is 14.3. The van der Waals surface area contributed by atoms with Gasteiger partial charge in [0.05, 0.1) is 0 Å². The van der Waals surface area contributed by atoms with Gasteiger partial charge >= 0.3 is 23.7 Å². The molecular weight excluding hydrogens is 402 g/mol. The number of hydrogen-bond acceptors (Lipinski definition) is 8. The van der Waals surface area contributed by atoms with Crippen molar-refractivity contribution in [1.82, 2.24) is 4.90 Å². The van der Waals surface area contributed by atoms with Crippen LogP contribution >= 0.6 is 0 Å². The highest BCUT2D eigenvalue weighted by atomic mass is 28.4. The highest BCUT2D eigenvalue weighted by Gasteiger charge is 2.39. The minimum absolute atomic E-state index is 0.355. The van der Waals surface area contributed by atoms with Crippen LogP contribution in [-0.2, 0) is 31.3 Å². The third-order valence-corrected chi connectivity index (χ3v) is 10.0. The SMILES string of the molecule is CO[Si](CCCN(CCC[Si](OC)(OC)OC)C(=O)OC(C)(C)C)(OC)OC. The summed E-state index contributed by atoms with van der Waals surface area (Å²) in [5.74, 6) is 0. The number of amides is 1. The molecule has 0 unspecified atom stereocenters. The zero-order chi connectivity index (χ0) is 21.8. The third-order valence-electron chi connectivity index (χ3n) is 4.34. The van der Waals surface area contributed by atoms with Crippen LogP contribution in [0.1, 0.15) is 33.6 Å². The molecule has 9 nitrogen and oxygen atoms in total. The van der Waals surface area contributed by atoms with Crippen LogP contribution in [0.4, 0.5) is 4.79 Å². The molecule has 0 atom stereocenters. The smallest absolute Gasteiger partial charge is 0.444 e. The van der Waals surface area contributed by atoms with Crippen molar-refractivity contribution < 1.29 is 36.1 Å². The molecular formula is C17H39NO8Si2. The molecule has 28 heavy (non-hydrogen) atoms. The number of nitrogens with zero attached hydrogens (tertiary/aromatic N) is 1. The van der Waals surface area contributed by atoms with Crippen LogP contribution in [0.5, 0.6) is 0 Å². The highest BCUT2D eigenvalue weighted by molar-refractivity contribution is 6.60. The largest absolute Gasteiger partial charge is 0.500 e. The molecule has 0 saturated carbocycles. The first-order chi connectivity index (χ1) is 13.1. The molecule has 168 valence electrons. The Bertz CT molecular complexity index is 397. The van der Waals surface area contributed by atoms with E-state index in [0.717, 1.165) is 0 Å². The van der Waals surface area contributed by atoms with Crippen molar-refractivity contribution >= 4 is 23.7 Å². The fourth-order valence-corrected chi connectivity index (χ4v) is 6.11. The van der Waals surface area contributed by atoms with Gasteiger partial charge in [0.25, 0.3) is 0 Å². The molecule has 0 aromatic carbocycles. The topological polar surface area (TPSA) is 84.9 Å². The van der Waals surface area contributed by atoms with E-state index in [2.05, 4.69) is 0 Å². The van der Waals surface area contributed by atoms with E-state index >= 15 is 0 Å². The number of carbonyl (C=O) groups is 1. The molecule has 0 heterocycles. The second-order valence-corrected chi connectivity index (χ2v) is 13.4. The number of carbonyl (C=O) groups excluding carboxylic acids is 1. The van der Waals surface area contributed by atoms with Crippen LogP contribution < -0.4 is 0 Å². The molecule has 0 aromatic heterocycles. The molecule has 0 aliphatic carbocycles. The van der Waals surface area contributed by atoms with E-state index in [1.54, 1.807) is 47.6 Å². The Hall–Kier alpha value is -0.536. The Morgan fingerprint density at radius 2 is 1.04 bits per heavy atom. The Balaban J connectivity index is 4.95. The summed E-state index contributed by atoms with van der Waals surface area (Å²) in [5, 5.41) is 0. The number of rotatable bonds is 14. The first-order valence-electron chi connectivity index (χ1n) is 9.35. The second kappa shape index (κ2) is 12.9. The predicted octanol–water partition coefficient (Wildman–Crippen LogP) is 2.76. The Labute approximate surface area is 172 Å². The highest BCUT2D eigenvalue weighted by Crippen LogP contribution is 2.19. The van der Waals surface area contributed by atoms with Gasteiger partial charge in [-0.2, -0.15) is 0 Å². The maximum atomic E-state index is 12.6. The average Bonchev–Trinajstić information content (AvgIpc) is 2.66. The predicted molar refractivity (Wildman–Crippen MR) is 110 cm³/mol. The summed E-state index contributed by atoms with van der Waals surface area (Å²) >= 11 is 0. The Kier molecular flexibility index (Phi) is 12.7. The van der Waals surface area contributed by atoms with Crippen molar-refractivity contribution in [2.45, 2.75) is 51.3 Å². The number of hydrogen-bond donors (Lipinski definition) is 0. The summed E-state index contributed by atoms with van der Waals surface area (Å²) in [5.41, 5.74) is -0.566. The van der Waals surface area contributed by atoms with Crippen LogP contribution in [0.25, 0.3) is 0 Å². The van der Waals surface area contributed by atoms with Crippen LogP contribution in [0.2, 0.25) is 12.1 Å². The van der Waals surface area contributed by atoms with Gasteiger partial charge in [-0.3, -0.25) is 0 Å². The van der Waals surface area contributed by atoms with Gasteiger partial charge in [-0.25, -0.2) is 4.79 Å². The second-order valence-electron chi connectivity index (χ2n) is 7.27. The van der Waals surface area contributed by atoms with Gasteiger partial charge in [0.2, 0.25) is 0 Å². The van der Waals surface area contributed by atoms with E-state index in [1.807, 2.05) is 20.8 Å². The van der Waals surface area contributed by atoms with Crippen LogP contribution in [0.15, 0.2) is 0 Å². The monoisotopic (exact) mass is 441 g/mol. The molecule has 0 fully saturated rings. The summed E-state index contributed by atoms with van der Waals surface area (Å²) in [7, 11) is 4.12. The van der Waals surface area contributed by atoms with Crippen LogP contribution in [-0.4, -0.2) is 90.0 Å². The molecule has 0 radical (unpaired) electrons. The van der Waals surface area contributed by atoms with Crippen molar-refractivity contribution in [3.8, 4) is 0 Å². The lowest BCUT2D eigenvalue weighted by Crippen LogP contribution is -2.45. The first kappa shape index (κ1) is 27.5. The van der Waals surface area contributed by atoms with Crippen molar-refractivity contribution in [2.24, 2.45) is 0 Å². The van der Waals surface area contributed by atoms with Crippen molar-refractivity contribution in [3.05, 3.63) is 0 Å². The molecule has 0 spiro atoms. The minimum atomic E-state index is -2.68. The fourth-order valence-electron chi connectivity index (χ4n) is 2.71. The lowest BCUT2D eigenvalue weighted by Gasteiger charge is -2.30. The van der Waals surface area contributed by atoms with Gasteiger partial charge in [0.1, 0.15) is 5.60 Å². The summed E-state index contributed by atoms with van der Waals surface area (Å²) in [6.07, 6.45) is 0.983. The van der Waals surface area contributed by atoms with E-state index in [-0.39, 0.29) is 6.09 Å². The van der Waals surface area contributed by atoms with Gasteiger partial charge in [-0.05, 0) is 33.6 Å². The van der Waals surface area contributed by atoms with Gasteiger partial charge < -0.3 is 36.2 Å². The maximum absolute atomic E-state index is 12.6. The number of ether oxygens (including phenoxy) is 1. The zero-order valence-corrected chi connectivity index (χ0v) is 21.0. The molecule has 1 amide bonds. The summed E-state index contributed by atoms with van der Waals surface area (Å²) in [6.45, 7) is 6.55. The Morgan fingerprint density at radius 3 is 1.29 bits per heavy atom. The third kappa shape index (κ3) is 9.31. The van der Waals surface area contributed by atoms with Crippen LogP contribution in [0, 0.1) is 0 Å². The molecule has 0 aliphatic rings. The van der Waals surface area contributed by atoms with Crippen LogP contribution in [0.3, 0.4) is 0 Å².